The highest BCUT2D eigenvalue weighted by Gasteiger charge is 2.16. The van der Waals surface area contributed by atoms with Crippen LogP contribution in [-0.2, 0) is 6.42 Å². The third-order valence-corrected chi connectivity index (χ3v) is 4.10. The number of terminal acetylenes is 1. The Morgan fingerprint density at radius 2 is 1.64 bits per heavy atom. The maximum atomic E-state index is 14.1. The lowest BCUT2D eigenvalue weighted by Crippen LogP contribution is -2.09. The third kappa shape index (κ3) is 4.32. The second-order valence-corrected chi connectivity index (χ2v) is 5.74. The molecule has 2 aromatic rings. The average Bonchev–Trinajstić information content (AvgIpc) is 2.67. The maximum Gasteiger partial charge on any atom is 0.337 e. The zero-order valence-corrected chi connectivity index (χ0v) is 15.3. The number of ether oxygens (including phenoxy) is 1. The Bertz CT molecular complexity index is 966. The first kappa shape index (κ1) is 20.6. The molecule has 7 nitrogen and oxygen atoms in total. The molecule has 0 atom stereocenters. The lowest BCUT2D eigenvalue weighted by Gasteiger charge is -2.14. The van der Waals surface area contributed by atoms with Crippen molar-refractivity contribution in [3.8, 4) is 18.1 Å². The van der Waals surface area contributed by atoms with Gasteiger partial charge in [0.25, 0.3) is 0 Å². The van der Waals surface area contributed by atoms with Crippen LogP contribution in [0.5, 0.6) is 5.75 Å². The van der Waals surface area contributed by atoms with Gasteiger partial charge in [-0.25, -0.2) is 14.0 Å². The van der Waals surface area contributed by atoms with E-state index in [4.69, 9.17) is 16.3 Å². The summed E-state index contributed by atoms with van der Waals surface area (Å²) in [6.45, 7) is 0.0523. The molecule has 0 amide bonds. The van der Waals surface area contributed by atoms with Crippen LogP contribution in [0.3, 0.4) is 0 Å². The van der Waals surface area contributed by atoms with Crippen molar-refractivity contribution in [2.45, 2.75) is 6.42 Å². The van der Waals surface area contributed by atoms with E-state index in [9.17, 15) is 19.1 Å². The molecular formula is C20H19FN2O5. The number of hydrogen-bond acceptors (Lipinski definition) is 5. The van der Waals surface area contributed by atoms with E-state index in [1.807, 2.05) is 0 Å². The number of carboxylic acid groups (broad SMARTS) is 2. The fraction of sp³-hybridized carbons (Fsp3) is 0.200. The van der Waals surface area contributed by atoms with Gasteiger partial charge < -0.3 is 25.6 Å². The molecule has 0 spiro atoms. The second kappa shape index (κ2) is 8.77. The molecule has 0 aromatic heterocycles. The van der Waals surface area contributed by atoms with Crippen molar-refractivity contribution in [3.63, 3.8) is 0 Å². The molecule has 0 aliphatic carbocycles. The number of halogens is 1. The van der Waals surface area contributed by atoms with Gasteiger partial charge in [-0.15, -0.1) is 6.42 Å². The Morgan fingerprint density at radius 1 is 1.07 bits per heavy atom. The van der Waals surface area contributed by atoms with E-state index in [1.54, 1.807) is 13.1 Å². The lowest BCUT2D eigenvalue weighted by atomic mass is 10.00. The summed E-state index contributed by atoms with van der Waals surface area (Å²) in [5, 5.41) is 23.8. The Kier molecular flexibility index (Phi) is 6.45. The fourth-order valence-corrected chi connectivity index (χ4v) is 2.69. The van der Waals surface area contributed by atoms with Crippen LogP contribution in [0.15, 0.2) is 24.3 Å². The minimum absolute atomic E-state index is 0.0501. The number of aromatic carboxylic acids is 2. The van der Waals surface area contributed by atoms with Crippen molar-refractivity contribution >= 4 is 23.3 Å². The zero-order chi connectivity index (χ0) is 20.8. The summed E-state index contributed by atoms with van der Waals surface area (Å²) in [4.78, 5) is 22.4. The number of hydrogen-bond donors (Lipinski definition) is 4. The van der Waals surface area contributed by atoms with Gasteiger partial charge in [-0.2, -0.15) is 0 Å². The van der Waals surface area contributed by atoms with E-state index in [1.165, 1.54) is 19.2 Å². The molecule has 0 unspecified atom stereocenters. The molecule has 2 rings (SSSR count). The van der Waals surface area contributed by atoms with Crippen LogP contribution in [0.25, 0.3) is 0 Å². The molecule has 0 radical (unpaired) electrons. The molecule has 4 N–H and O–H groups in total. The van der Waals surface area contributed by atoms with Gasteiger partial charge >= 0.3 is 11.9 Å². The van der Waals surface area contributed by atoms with E-state index in [0.29, 0.717) is 23.2 Å². The van der Waals surface area contributed by atoms with Crippen LogP contribution in [-0.4, -0.2) is 42.9 Å². The first-order valence-electron chi connectivity index (χ1n) is 8.24. The summed E-state index contributed by atoms with van der Waals surface area (Å²) in [6.07, 6.45) is 5.77. The molecule has 28 heavy (non-hydrogen) atoms. The summed E-state index contributed by atoms with van der Waals surface area (Å²) >= 11 is 0. The SMILES string of the molecule is C#Cc1cc(C(=O)O)c(NC)cc1CCOc1cc(NC)c(C(=O)O)cc1F. The van der Waals surface area contributed by atoms with Crippen LogP contribution in [0.2, 0.25) is 0 Å². The zero-order valence-electron chi connectivity index (χ0n) is 15.3. The molecule has 146 valence electrons. The van der Waals surface area contributed by atoms with Gasteiger partial charge in [0.05, 0.1) is 23.4 Å². The van der Waals surface area contributed by atoms with E-state index < -0.39 is 17.8 Å². The smallest absolute Gasteiger partial charge is 0.337 e. The van der Waals surface area contributed by atoms with Crippen molar-refractivity contribution < 1.29 is 28.9 Å². The Balaban J connectivity index is 2.23. The largest absolute Gasteiger partial charge is 0.490 e. The van der Waals surface area contributed by atoms with E-state index in [2.05, 4.69) is 16.6 Å². The Labute approximate surface area is 161 Å². The van der Waals surface area contributed by atoms with Gasteiger partial charge in [0.15, 0.2) is 11.6 Å². The molecule has 0 saturated carbocycles. The Morgan fingerprint density at radius 3 is 2.18 bits per heavy atom. The van der Waals surface area contributed by atoms with Crippen molar-refractivity contribution in [2.75, 3.05) is 31.3 Å². The quantitative estimate of drug-likeness (QED) is 0.517. The minimum Gasteiger partial charge on any atom is -0.490 e. The number of nitrogens with one attached hydrogen (secondary N) is 2. The van der Waals surface area contributed by atoms with Gasteiger partial charge in [-0.1, -0.05) is 5.92 Å². The van der Waals surface area contributed by atoms with Crippen molar-refractivity contribution in [3.05, 3.63) is 52.3 Å². The molecule has 8 heteroatoms. The first-order valence-corrected chi connectivity index (χ1v) is 8.24. The van der Waals surface area contributed by atoms with E-state index >= 15 is 0 Å². The number of benzene rings is 2. The first-order chi connectivity index (χ1) is 13.3. The second-order valence-electron chi connectivity index (χ2n) is 5.74. The van der Waals surface area contributed by atoms with Crippen molar-refractivity contribution in [1.29, 1.82) is 0 Å². The highest BCUT2D eigenvalue weighted by Crippen LogP contribution is 2.27. The molecule has 2 aromatic carbocycles. The number of anilines is 2. The van der Waals surface area contributed by atoms with Gasteiger partial charge in [0, 0.05) is 37.8 Å². The van der Waals surface area contributed by atoms with Crippen molar-refractivity contribution in [1.82, 2.24) is 0 Å². The highest BCUT2D eigenvalue weighted by molar-refractivity contribution is 5.95. The van der Waals surface area contributed by atoms with E-state index in [-0.39, 0.29) is 29.2 Å². The summed E-state index contributed by atoms with van der Waals surface area (Å²) in [5.41, 5.74) is 1.53. The summed E-state index contributed by atoms with van der Waals surface area (Å²) in [7, 11) is 3.11. The predicted molar refractivity (Wildman–Crippen MR) is 103 cm³/mol. The van der Waals surface area contributed by atoms with Gasteiger partial charge in [-0.3, -0.25) is 0 Å². The lowest BCUT2D eigenvalue weighted by molar-refractivity contribution is 0.0686. The monoisotopic (exact) mass is 386 g/mol. The Hall–Kier alpha value is -3.73. The summed E-state index contributed by atoms with van der Waals surface area (Å²) in [5.74, 6) is -0.825. The van der Waals surface area contributed by atoms with Gasteiger partial charge in [-0.05, 0) is 23.8 Å². The standard InChI is InChI=1S/C20H19FN2O5/c1-4-11-7-13(19(24)25)16(22-2)8-12(11)5-6-28-18-10-17(23-3)14(20(26)27)9-15(18)21/h1,7-10,22-23H,5-6H2,2-3H3,(H,24,25)(H,26,27). The minimum atomic E-state index is -1.26. The van der Waals surface area contributed by atoms with Crippen LogP contribution in [0.4, 0.5) is 15.8 Å². The van der Waals surface area contributed by atoms with Crippen molar-refractivity contribution in [2.24, 2.45) is 0 Å². The number of carbonyl (C=O) groups is 2. The molecule has 0 bridgehead atoms. The molecule has 0 aliphatic rings. The molecule has 0 heterocycles. The van der Waals surface area contributed by atoms with E-state index in [0.717, 1.165) is 6.07 Å². The van der Waals surface area contributed by atoms with Crippen LogP contribution in [0, 0.1) is 18.2 Å². The average molecular weight is 386 g/mol. The summed E-state index contributed by atoms with van der Waals surface area (Å²) < 4.78 is 19.6. The normalized spacial score (nSPS) is 10.1. The predicted octanol–water partition coefficient (Wildman–Crippen LogP) is 2.91. The number of rotatable bonds is 8. The van der Waals surface area contributed by atoms with Gasteiger partial charge in [0.2, 0.25) is 0 Å². The highest BCUT2D eigenvalue weighted by atomic mass is 19.1. The summed E-state index contributed by atoms with van der Waals surface area (Å²) in [6, 6.07) is 5.17. The van der Waals surface area contributed by atoms with Gasteiger partial charge in [0.1, 0.15) is 0 Å². The number of carboxylic acids is 2. The molecule has 0 aliphatic heterocycles. The maximum absolute atomic E-state index is 14.1. The topological polar surface area (TPSA) is 108 Å². The van der Waals surface area contributed by atoms with Crippen LogP contribution >= 0.6 is 0 Å². The van der Waals surface area contributed by atoms with Crippen LogP contribution < -0.4 is 15.4 Å². The fourth-order valence-electron chi connectivity index (χ4n) is 2.69. The third-order valence-electron chi connectivity index (χ3n) is 4.10. The van der Waals surface area contributed by atoms with Crippen LogP contribution in [0.1, 0.15) is 31.8 Å². The molecule has 0 fully saturated rings. The molecule has 0 saturated heterocycles. The molecular weight excluding hydrogens is 367 g/mol.